The Morgan fingerprint density at radius 3 is 2.42 bits per heavy atom. The van der Waals surface area contributed by atoms with E-state index in [1.807, 2.05) is 24.3 Å². The average molecular weight is 255 g/mol. The maximum Gasteiger partial charge on any atom is 0.141 e. The van der Waals surface area contributed by atoms with E-state index in [0.717, 1.165) is 24.4 Å². The number of hydrogen-bond acceptors (Lipinski definition) is 2. The zero-order chi connectivity index (χ0) is 13.5. The predicted octanol–water partition coefficient (Wildman–Crippen LogP) is 4.30. The van der Waals surface area contributed by atoms with Crippen molar-refractivity contribution in [3.63, 3.8) is 0 Å². The van der Waals surface area contributed by atoms with Crippen molar-refractivity contribution in [2.24, 2.45) is 0 Å². The van der Waals surface area contributed by atoms with Crippen molar-refractivity contribution < 1.29 is 4.74 Å². The van der Waals surface area contributed by atoms with Gasteiger partial charge in [0.15, 0.2) is 0 Å². The molecule has 0 amide bonds. The lowest BCUT2D eigenvalue weighted by atomic mass is 9.98. The summed E-state index contributed by atoms with van der Waals surface area (Å²) < 4.78 is 5.32. The third-order valence-corrected chi connectivity index (χ3v) is 3.37. The molecule has 2 heteroatoms. The lowest BCUT2D eigenvalue weighted by Crippen LogP contribution is -2.06. The van der Waals surface area contributed by atoms with Crippen molar-refractivity contribution >= 4 is 5.69 Å². The highest BCUT2D eigenvalue weighted by molar-refractivity contribution is 5.56. The smallest absolute Gasteiger partial charge is 0.141 e. The molecule has 0 saturated carbocycles. The van der Waals surface area contributed by atoms with Gasteiger partial charge >= 0.3 is 0 Å². The maximum absolute atomic E-state index is 5.32. The lowest BCUT2D eigenvalue weighted by molar-refractivity contribution is 0.416. The lowest BCUT2D eigenvalue weighted by Gasteiger charge is -2.14. The van der Waals surface area contributed by atoms with E-state index in [4.69, 9.17) is 4.74 Å². The Morgan fingerprint density at radius 2 is 1.68 bits per heavy atom. The molecule has 0 fully saturated rings. The highest BCUT2D eigenvalue weighted by atomic mass is 16.5. The normalized spacial score (nSPS) is 11.9. The van der Waals surface area contributed by atoms with Crippen LogP contribution in [0.15, 0.2) is 54.6 Å². The molecule has 100 valence electrons. The first-order chi connectivity index (χ1) is 9.31. The highest BCUT2D eigenvalue weighted by Gasteiger charge is 2.05. The third kappa shape index (κ3) is 3.75. The van der Waals surface area contributed by atoms with Crippen LogP contribution in [0.3, 0.4) is 0 Å². The summed E-state index contributed by atoms with van der Waals surface area (Å²) in [7, 11) is 1.70. The zero-order valence-electron chi connectivity index (χ0n) is 11.6. The van der Waals surface area contributed by atoms with Gasteiger partial charge in [0.2, 0.25) is 0 Å². The van der Waals surface area contributed by atoms with E-state index < -0.39 is 0 Å². The predicted molar refractivity (Wildman–Crippen MR) is 81.0 cm³/mol. The molecule has 0 saturated heterocycles. The number of anilines is 1. The van der Waals surface area contributed by atoms with Crippen molar-refractivity contribution in [2.75, 3.05) is 19.0 Å². The molecular formula is C17H21NO. The SMILES string of the molecule is COc1ccccc1NCCC(C)c1ccccc1. The largest absolute Gasteiger partial charge is 0.495 e. The Morgan fingerprint density at radius 1 is 1.00 bits per heavy atom. The van der Waals surface area contributed by atoms with Crippen LogP contribution in [0.25, 0.3) is 0 Å². The Bertz CT molecular complexity index is 496. The second-order valence-corrected chi connectivity index (χ2v) is 4.73. The second kappa shape index (κ2) is 6.83. The van der Waals surface area contributed by atoms with Gasteiger partial charge in [-0.1, -0.05) is 49.4 Å². The van der Waals surface area contributed by atoms with E-state index in [9.17, 15) is 0 Å². The molecule has 0 spiro atoms. The van der Waals surface area contributed by atoms with Gasteiger partial charge < -0.3 is 10.1 Å². The fraction of sp³-hybridized carbons (Fsp3) is 0.294. The molecule has 1 N–H and O–H groups in total. The van der Waals surface area contributed by atoms with Crippen molar-refractivity contribution in [3.05, 3.63) is 60.2 Å². The van der Waals surface area contributed by atoms with E-state index in [0.29, 0.717) is 5.92 Å². The van der Waals surface area contributed by atoms with E-state index in [2.05, 4.69) is 42.6 Å². The molecule has 0 aliphatic heterocycles. The van der Waals surface area contributed by atoms with Crippen molar-refractivity contribution in [2.45, 2.75) is 19.3 Å². The number of nitrogens with one attached hydrogen (secondary N) is 1. The number of methoxy groups -OCH3 is 1. The Balaban J connectivity index is 1.87. The van der Waals surface area contributed by atoms with Crippen LogP contribution >= 0.6 is 0 Å². The van der Waals surface area contributed by atoms with Crippen LogP contribution in [-0.2, 0) is 0 Å². The molecule has 2 rings (SSSR count). The van der Waals surface area contributed by atoms with Crippen LogP contribution < -0.4 is 10.1 Å². The molecule has 1 unspecified atom stereocenters. The van der Waals surface area contributed by atoms with E-state index in [-0.39, 0.29) is 0 Å². The first-order valence-electron chi connectivity index (χ1n) is 6.73. The van der Waals surface area contributed by atoms with Crippen LogP contribution in [0.1, 0.15) is 24.8 Å². The van der Waals surface area contributed by atoms with E-state index in [1.54, 1.807) is 7.11 Å². The monoisotopic (exact) mass is 255 g/mol. The number of rotatable bonds is 6. The molecule has 1 atom stereocenters. The van der Waals surface area contributed by atoms with Gasteiger partial charge in [-0.2, -0.15) is 0 Å². The zero-order valence-corrected chi connectivity index (χ0v) is 11.6. The fourth-order valence-electron chi connectivity index (χ4n) is 2.16. The van der Waals surface area contributed by atoms with Crippen molar-refractivity contribution in [1.29, 1.82) is 0 Å². The summed E-state index contributed by atoms with van der Waals surface area (Å²) in [6.45, 7) is 3.20. The van der Waals surface area contributed by atoms with Crippen LogP contribution in [0, 0.1) is 0 Å². The number of hydrogen-bond donors (Lipinski definition) is 1. The molecule has 0 radical (unpaired) electrons. The summed E-state index contributed by atoms with van der Waals surface area (Å²) in [5.41, 5.74) is 2.45. The fourth-order valence-corrected chi connectivity index (χ4v) is 2.16. The number of benzene rings is 2. The van der Waals surface area contributed by atoms with Crippen LogP contribution in [0.4, 0.5) is 5.69 Å². The molecule has 2 aromatic rings. The summed E-state index contributed by atoms with van der Waals surface area (Å²) in [6, 6.07) is 18.7. The molecule has 2 nitrogen and oxygen atoms in total. The van der Waals surface area contributed by atoms with Gasteiger partial charge in [0.25, 0.3) is 0 Å². The Hall–Kier alpha value is -1.96. The summed E-state index contributed by atoms with van der Waals surface area (Å²) >= 11 is 0. The minimum absolute atomic E-state index is 0.559. The van der Waals surface area contributed by atoms with Crippen molar-refractivity contribution in [1.82, 2.24) is 0 Å². The van der Waals surface area contributed by atoms with Crippen LogP contribution in [0.2, 0.25) is 0 Å². The Labute approximate surface area is 115 Å². The summed E-state index contributed by atoms with van der Waals surface area (Å²) in [5.74, 6) is 1.46. The van der Waals surface area contributed by atoms with E-state index >= 15 is 0 Å². The van der Waals surface area contributed by atoms with Gasteiger partial charge in [-0.05, 0) is 30.0 Å². The summed E-state index contributed by atoms with van der Waals surface area (Å²) in [6.07, 6.45) is 1.10. The second-order valence-electron chi connectivity index (χ2n) is 4.73. The van der Waals surface area contributed by atoms with Gasteiger partial charge in [-0.25, -0.2) is 0 Å². The van der Waals surface area contributed by atoms with Crippen molar-refractivity contribution in [3.8, 4) is 5.75 Å². The molecule has 0 aliphatic rings. The summed E-state index contributed by atoms with van der Waals surface area (Å²) in [4.78, 5) is 0. The molecule has 0 bridgehead atoms. The van der Waals surface area contributed by atoms with Crippen LogP contribution in [0.5, 0.6) is 5.75 Å². The highest BCUT2D eigenvalue weighted by Crippen LogP contribution is 2.24. The standard InChI is InChI=1S/C17H21NO/c1-14(15-8-4-3-5-9-15)12-13-18-16-10-6-7-11-17(16)19-2/h3-11,14,18H,12-13H2,1-2H3. The van der Waals surface area contributed by atoms with Gasteiger partial charge in [0, 0.05) is 6.54 Å². The minimum Gasteiger partial charge on any atom is -0.495 e. The quantitative estimate of drug-likeness (QED) is 0.831. The molecule has 0 aliphatic carbocycles. The van der Waals surface area contributed by atoms with Crippen LogP contribution in [-0.4, -0.2) is 13.7 Å². The third-order valence-electron chi connectivity index (χ3n) is 3.37. The molecule has 0 heterocycles. The molecule has 19 heavy (non-hydrogen) atoms. The number of ether oxygens (including phenoxy) is 1. The summed E-state index contributed by atoms with van der Waals surface area (Å²) in [5, 5.41) is 3.44. The first kappa shape index (κ1) is 13.5. The minimum atomic E-state index is 0.559. The van der Waals surface area contributed by atoms with Gasteiger partial charge in [-0.3, -0.25) is 0 Å². The topological polar surface area (TPSA) is 21.3 Å². The number of para-hydroxylation sites is 2. The van der Waals surface area contributed by atoms with Gasteiger partial charge in [-0.15, -0.1) is 0 Å². The Kier molecular flexibility index (Phi) is 4.85. The molecular weight excluding hydrogens is 234 g/mol. The van der Waals surface area contributed by atoms with E-state index in [1.165, 1.54) is 5.56 Å². The maximum atomic E-state index is 5.32. The average Bonchev–Trinajstić information content (AvgIpc) is 2.48. The molecule has 0 aromatic heterocycles. The van der Waals surface area contributed by atoms with Gasteiger partial charge in [0.1, 0.15) is 5.75 Å². The van der Waals surface area contributed by atoms with Gasteiger partial charge in [0.05, 0.1) is 12.8 Å². The first-order valence-corrected chi connectivity index (χ1v) is 6.73. The molecule has 2 aromatic carbocycles.